The number of benzene rings is 1. The maximum Gasteiger partial charge on any atom is 0.311 e. The van der Waals surface area contributed by atoms with Crippen LogP contribution < -0.4 is 14.8 Å². The highest BCUT2D eigenvalue weighted by atomic mass is 16.6. The van der Waals surface area contributed by atoms with Gasteiger partial charge in [-0.15, -0.1) is 0 Å². The molecule has 8 nitrogen and oxygen atoms in total. The highest BCUT2D eigenvalue weighted by molar-refractivity contribution is 5.81. The summed E-state index contributed by atoms with van der Waals surface area (Å²) >= 11 is 0. The average molecular weight is 358 g/mol. The molecule has 1 atom stereocenters. The van der Waals surface area contributed by atoms with Gasteiger partial charge < -0.3 is 24.1 Å². The van der Waals surface area contributed by atoms with E-state index in [0.29, 0.717) is 55.6 Å². The van der Waals surface area contributed by atoms with Gasteiger partial charge in [-0.1, -0.05) is 5.16 Å². The smallest absolute Gasteiger partial charge is 0.311 e. The third kappa shape index (κ3) is 3.49. The molecule has 1 unspecified atom stereocenters. The van der Waals surface area contributed by atoms with E-state index in [-0.39, 0.29) is 24.4 Å². The average Bonchev–Trinajstić information content (AvgIpc) is 3.15. The minimum Gasteiger partial charge on any atom is -0.486 e. The van der Waals surface area contributed by atoms with Crippen LogP contribution >= 0.6 is 0 Å². The number of hydrogen-bond donors (Lipinski definition) is 1. The molecule has 1 fully saturated rings. The predicted octanol–water partition coefficient (Wildman–Crippen LogP) is 1.68. The summed E-state index contributed by atoms with van der Waals surface area (Å²) in [4.78, 5) is 23.2. The molecular weight excluding hydrogens is 340 g/mol. The Labute approximate surface area is 149 Å². The summed E-state index contributed by atoms with van der Waals surface area (Å²) in [7, 11) is 0. The molecule has 1 N–H and O–H groups in total. The summed E-state index contributed by atoms with van der Waals surface area (Å²) in [5, 5.41) is 6.61. The van der Waals surface area contributed by atoms with Crippen LogP contribution in [0.2, 0.25) is 0 Å². The predicted molar refractivity (Wildman–Crippen MR) is 88.5 cm³/mol. The van der Waals surface area contributed by atoms with Gasteiger partial charge in [0.15, 0.2) is 17.3 Å². The van der Waals surface area contributed by atoms with Crippen molar-refractivity contribution in [3.63, 3.8) is 0 Å². The van der Waals surface area contributed by atoms with Crippen LogP contribution in [0.1, 0.15) is 18.5 Å². The van der Waals surface area contributed by atoms with E-state index in [1.165, 1.54) is 0 Å². The van der Waals surface area contributed by atoms with Gasteiger partial charge in [-0.05, 0) is 24.6 Å². The Morgan fingerprint density at radius 3 is 2.88 bits per heavy atom. The second kappa shape index (κ2) is 7.07. The fourth-order valence-electron chi connectivity index (χ4n) is 2.91. The van der Waals surface area contributed by atoms with Crippen LogP contribution in [-0.2, 0) is 20.9 Å². The second-order valence-corrected chi connectivity index (χ2v) is 6.19. The van der Waals surface area contributed by atoms with Gasteiger partial charge in [0, 0.05) is 24.6 Å². The lowest BCUT2D eigenvalue weighted by atomic mass is 10.00. The van der Waals surface area contributed by atoms with Crippen molar-refractivity contribution in [2.75, 3.05) is 19.8 Å². The summed E-state index contributed by atoms with van der Waals surface area (Å²) in [5.41, 5.74) is 1.32. The fourth-order valence-corrected chi connectivity index (χ4v) is 2.91. The molecule has 1 saturated heterocycles. The Balaban J connectivity index is 1.37. The first kappa shape index (κ1) is 16.4. The molecule has 0 spiro atoms. The maximum atomic E-state index is 12.1. The summed E-state index contributed by atoms with van der Waals surface area (Å²) in [6.07, 6.45) is 0.851. The van der Waals surface area contributed by atoms with Crippen molar-refractivity contribution in [3.05, 3.63) is 30.0 Å². The first-order valence-electron chi connectivity index (χ1n) is 8.48. The number of fused-ring (bicyclic) bond motifs is 1. The van der Waals surface area contributed by atoms with Crippen molar-refractivity contribution >= 4 is 11.9 Å². The molecule has 0 saturated carbocycles. The standard InChI is InChI=1S/C18H18N2O6/c21-17-4-2-12(9-19-17)18(22)25-10-13-8-15(26-20-13)11-1-3-14-16(7-11)24-6-5-23-14/h1,3,7-8,12H,2,4-6,9-10H2,(H,19,21). The maximum absolute atomic E-state index is 12.1. The molecule has 4 rings (SSSR count). The molecule has 2 aliphatic heterocycles. The molecule has 2 aromatic rings. The zero-order chi connectivity index (χ0) is 17.9. The zero-order valence-corrected chi connectivity index (χ0v) is 14.0. The van der Waals surface area contributed by atoms with Crippen molar-refractivity contribution in [3.8, 4) is 22.8 Å². The van der Waals surface area contributed by atoms with Gasteiger partial charge in [0.25, 0.3) is 0 Å². The van der Waals surface area contributed by atoms with E-state index in [1.54, 1.807) is 6.07 Å². The Kier molecular flexibility index (Phi) is 4.47. The Hall–Kier alpha value is -3.03. The Morgan fingerprint density at radius 1 is 1.23 bits per heavy atom. The van der Waals surface area contributed by atoms with Crippen molar-refractivity contribution < 1.29 is 28.3 Å². The van der Waals surface area contributed by atoms with Crippen LogP contribution in [0.5, 0.6) is 11.5 Å². The number of aromatic nitrogens is 1. The van der Waals surface area contributed by atoms with Crippen LogP contribution in [-0.4, -0.2) is 36.8 Å². The van der Waals surface area contributed by atoms with E-state index in [2.05, 4.69) is 10.5 Å². The molecule has 0 bridgehead atoms. The monoisotopic (exact) mass is 358 g/mol. The summed E-state index contributed by atoms with van der Waals surface area (Å²) in [5.74, 6) is 1.24. The minimum atomic E-state index is -0.339. The molecule has 3 heterocycles. The number of carbonyl (C=O) groups is 2. The van der Waals surface area contributed by atoms with E-state index >= 15 is 0 Å². The zero-order valence-electron chi connectivity index (χ0n) is 14.0. The topological polar surface area (TPSA) is 99.9 Å². The number of nitrogens with zero attached hydrogens (tertiary/aromatic N) is 1. The van der Waals surface area contributed by atoms with Gasteiger partial charge in [0.2, 0.25) is 5.91 Å². The third-order valence-corrected chi connectivity index (χ3v) is 4.35. The lowest BCUT2D eigenvalue weighted by Gasteiger charge is -2.20. The van der Waals surface area contributed by atoms with Gasteiger partial charge >= 0.3 is 5.97 Å². The number of piperidine rings is 1. The number of hydrogen-bond acceptors (Lipinski definition) is 7. The molecule has 136 valence electrons. The lowest BCUT2D eigenvalue weighted by Crippen LogP contribution is -2.39. The van der Waals surface area contributed by atoms with E-state index in [9.17, 15) is 9.59 Å². The van der Waals surface area contributed by atoms with Crippen molar-refractivity contribution in [2.45, 2.75) is 19.4 Å². The number of esters is 1. The van der Waals surface area contributed by atoms with E-state index in [4.69, 9.17) is 18.7 Å². The van der Waals surface area contributed by atoms with Gasteiger partial charge in [-0.3, -0.25) is 9.59 Å². The number of ether oxygens (including phenoxy) is 3. The first-order chi connectivity index (χ1) is 12.7. The highest BCUT2D eigenvalue weighted by Crippen LogP contribution is 2.34. The van der Waals surface area contributed by atoms with Gasteiger partial charge in [0.1, 0.15) is 25.5 Å². The van der Waals surface area contributed by atoms with Crippen LogP contribution in [0.4, 0.5) is 0 Å². The van der Waals surface area contributed by atoms with Gasteiger partial charge in [0.05, 0.1) is 5.92 Å². The van der Waals surface area contributed by atoms with Gasteiger partial charge in [-0.25, -0.2) is 0 Å². The summed E-state index contributed by atoms with van der Waals surface area (Å²) < 4.78 is 21.7. The lowest BCUT2D eigenvalue weighted by molar-refractivity contribution is -0.151. The SMILES string of the molecule is O=C1CCC(C(=O)OCc2cc(-c3ccc4c(c3)OCCO4)on2)CN1. The second-order valence-electron chi connectivity index (χ2n) is 6.19. The highest BCUT2D eigenvalue weighted by Gasteiger charge is 2.26. The number of nitrogens with one attached hydrogen (secondary N) is 1. The molecule has 0 radical (unpaired) electrons. The summed E-state index contributed by atoms with van der Waals surface area (Å²) in [6.45, 7) is 1.39. The Morgan fingerprint density at radius 2 is 2.08 bits per heavy atom. The van der Waals surface area contributed by atoms with E-state index in [0.717, 1.165) is 5.56 Å². The molecule has 26 heavy (non-hydrogen) atoms. The van der Waals surface area contributed by atoms with Crippen LogP contribution in [0.15, 0.2) is 28.8 Å². The molecule has 2 aliphatic rings. The number of carbonyl (C=O) groups excluding carboxylic acids is 2. The van der Waals surface area contributed by atoms with Crippen molar-refractivity contribution in [2.24, 2.45) is 5.92 Å². The summed E-state index contributed by atoms with van der Waals surface area (Å²) in [6, 6.07) is 7.23. The third-order valence-electron chi connectivity index (χ3n) is 4.35. The number of rotatable bonds is 4. The van der Waals surface area contributed by atoms with Crippen molar-refractivity contribution in [1.29, 1.82) is 0 Å². The van der Waals surface area contributed by atoms with E-state index < -0.39 is 0 Å². The quantitative estimate of drug-likeness (QED) is 0.830. The number of amides is 1. The van der Waals surface area contributed by atoms with Crippen LogP contribution in [0.3, 0.4) is 0 Å². The fraction of sp³-hybridized carbons (Fsp3) is 0.389. The normalized spacial score (nSPS) is 18.9. The van der Waals surface area contributed by atoms with Crippen LogP contribution in [0, 0.1) is 5.92 Å². The largest absolute Gasteiger partial charge is 0.486 e. The first-order valence-corrected chi connectivity index (χ1v) is 8.48. The van der Waals surface area contributed by atoms with Crippen LogP contribution in [0.25, 0.3) is 11.3 Å². The van der Waals surface area contributed by atoms with Crippen molar-refractivity contribution in [1.82, 2.24) is 10.5 Å². The minimum absolute atomic E-state index is 0.0251. The molecule has 0 aliphatic carbocycles. The van der Waals surface area contributed by atoms with Gasteiger partial charge in [-0.2, -0.15) is 0 Å². The Bertz CT molecular complexity index is 821. The molecule has 1 aromatic heterocycles. The van der Waals surface area contributed by atoms with E-state index in [1.807, 2.05) is 18.2 Å². The molecule has 8 heteroatoms. The molecule has 1 amide bonds. The molecular formula is C18H18N2O6. The molecule has 1 aromatic carbocycles.